The van der Waals surface area contributed by atoms with E-state index in [1.54, 1.807) is 45.2 Å². The van der Waals surface area contributed by atoms with Crippen molar-refractivity contribution in [1.29, 1.82) is 0 Å². The van der Waals surface area contributed by atoms with E-state index in [9.17, 15) is 40.3 Å². The summed E-state index contributed by atoms with van der Waals surface area (Å²) in [4.78, 5) is 19.2. The van der Waals surface area contributed by atoms with Gasteiger partial charge < -0.3 is 14.8 Å². The Morgan fingerprint density at radius 3 is 2.34 bits per heavy atom. The molecule has 3 atom stereocenters. The predicted molar refractivity (Wildman–Crippen MR) is 229 cm³/mol. The van der Waals surface area contributed by atoms with E-state index in [0.717, 1.165) is 12.1 Å². The number of anilines is 2. The highest BCUT2D eigenvalue weighted by Crippen LogP contribution is 2.68. The topological polar surface area (TPSA) is 183 Å². The molecule has 3 aliphatic carbocycles. The average Bonchev–Trinajstić information content (AvgIpc) is 4.10. The van der Waals surface area contributed by atoms with E-state index in [4.69, 9.17) is 21.0 Å². The van der Waals surface area contributed by atoms with Crippen LogP contribution in [0.3, 0.4) is 0 Å². The van der Waals surface area contributed by atoms with Crippen LogP contribution in [0, 0.1) is 17.6 Å². The summed E-state index contributed by atoms with van der Waals surface area (Å²) in [5.41, 5.74) is -3.14. The van der Waals surface area contributed by atoms with Crippen LogP contribution >= 0.6 is 11.6 Å². The minimum absolute atomic E-state index is 0.0156. The monoisotopic (exact) mass is 977 g/mol. The van der Waals surface area contributed by atoms with Crippen molar-refractivity contribution in [3.63, 3.8) is 0 Å². The number of halogens is 8. The Hall–Kier alpha value is -5.61. The first kappa shape index (κ1) is 46.5. The van der Waals surface area contributed by atoms with Crippen LogP contribution in [0.25, 0.3) is 22.0 Å². The van der Waals surface area contributed by atoms with Gasteiger partial charge in [-0.05, 0) is 102 Å². The van der Waals surface area contributed by atoms with Gasteiger partial charge in [0.25, 0.3) is 5.92 Å². The van der Waals surface area contributed by atoms with Gasteiger partial charge in [-0.2, -0.15) is 32.1 Å². The molecule has 2 saturated carbocycles. The fourth-order valence-corrected chi connectivity index (χ4v) is 11.3. The fraction of sp³-hybridized carbons (Fsp3) is 0.455. The number of alkyl halides is 5. The van der Waals surface area contributed by atoms with Gasteiger partial charge in [0.05, 0.1) is 37.7 Å². The summed E-state index contributed by atoms with van der Waals surface area (Å²) < 4.78 is 137. The van der Waals surface area contributed by atoms with E-state index in [-0.39, 0.29) is 59.7 Å². The maximum atomic E-state index is 15.6. The number of aromatic nitrogens is 7. The third-order valence-corrected chi connectivity index (χ3v) is 16.0. The molecule has 4 heterocycles. The first-order chi connectivity index (χ1) is 31.2. The highest BCUT2D eigenvalue weighted by molar-refractivity contribution is 7.93. The van der Waals surface area contributed by atoms with Gasteiger partial charge in [-0.25, -0.2) is 17.2 Å². The number of aliphatic hydroxyl groups is 1. The zero-order valence-corrected chi connectivity index (χ0v) is 38.0. The second kappa shape index (κ2) is 16.0. The number of pyridine rings is 1. The van der Waals surface area contributed by atoms with E-state index < -0.39 is 96.4 Å². The number of amides is 1. The molecule has 23 heteroatoms. The molecule has 2 aromatic carbocycles. The smallest absolute Gasteiger partial charge is 0.405 e. The summed E-state index contributed by atoms with van der Waals surface area (Å²) >= 11 is 6.81. The second-order valence-electron chi connectivity index (χ2n) is 18.6. The summed E-state index contributed by atoms with van der Waals surface area (Å²) in [6.45, 7) is 5.06. The van der Waals surface area contributed by atoms with Gasteiger partial charge in [0.2, 0.25) is 11.8 Å². The number of nitrogens with one attached hydrogen (secondary N) is 2. The third kappa shape index (κ3) is 8.53. The highest BCUT2D eigenvalue weighted by atomic mass is 35.5. The standard InChI is InChI=1S/C44H43ClF7N9O5S/c1-41(2,67(64,65)24-7-8-24)13-12-23-6-9-25(26-10-11-29(45)33-35(26)60(5)59-38(33)55-40-57-56-39(66-40)42(3,4)63)34(53-23)30(16-20-14-21(46)17-22(47)15-20)54-31(62)19-61-37-32(36(58-61)44(50,51)52)27-18-28(27)43(37,48)49/h6,9-11,14-15,17,24,27-28,30,63H,7-8,12-13,16,18-19H2,1-5H3,(H,54,62)(H,55,57,59)/t27-,28?,30-/m0/s1. The molecular formula is C44H43ClF7N9O5S. The zero-order chi connectivity index (χ0) is 48.3. The second-order valence-corrected chi connectivity index (χ2v) is 21.8. The van der Waals surface area contributed by atoms with Crippen LogP contribution in [0.4, 0.5) is 42.6 Å². The van der Waals surface area contributed by atoms with Crippen LogP contribution in [0.5, 0.6) is 0 Å². The van der Waals surface area contributed by atoms with Gasteiger partial charge >= 0.3 is 12.2 Å². The van der Waals surface area contributed by atoms with Crippen LogP contribution in [0.1, 0.15) is 105 Å². The molecule has 0 bridgehead atoms. The molecule has 2 fully saturated rings. The van der Waals surface area contributed by atoms with Crippen LogP contribution in [-0.4, -0.2) is 64.2 Å². The Kier molecular flexibility index (Phi) is 11.1. The first-order valence-corrected chi connectivity index (χ1v) is 23.2. The number of carbonyl (C=O) groups is 1. The quantitative estimate of drug-likeness (QED) is 0.0837. The molecule has 1 unspecified atom stereocenters. The molecule has 0 saturated heterocycles. The molecule has 4 aromatic heterocycles. The van der Waals surface area contributed by atoms with Crippen molar-refractivity contribution in [2.24, 2.45) is 13.0 Å². The molecule has 67 heavy (non-hydrogen) atoms. The lowest BCUT2D eigenvalue weighted by molar-refractivity contribution is -0.142. The first-order valence-electron chi connectivity index (χ1n) is 21.3. The number of benzene rings is 2. The lowest BCUT2D eigenvalue weighted by Crippen LogP contribution is -2.36. The largest absolute Gasteiger partial charge is 0.435 e. The summed E-state index contributed by atoms with van der Waals surface area (Å²) in [6.07, 6.45) is -4.30. The van der Waals surface area contributed by atoms with Crippen molar-refractivity contribution in [2.45, 2.75) is 112 Å². The number of rotatable bonds is 15. The molecule has 0 aliphatic heterocycles. The van der Waals surface area contributed by atoms with Gasteiger partial charge in [0.1, 0.15) is 29.5 Å². The SMILES string of the molecule is Cn1nc(Nc2nnc(C(C)(C)O)o2)c2c(Cl)ccc(-c3ccc(CCC(C)(C)S(=O)(=O)C4CC4)nc3[C@H](Cc3cc(F)cc(F)c3)NC(=O)Cn3nc(C(F)(F)F)c4c3C(F)(F)C3C[C@H]43)c21. The van der Waals surface area contributed by atoms with Crippen LogP contribution < -0.4 is 10.6 Å². The molecule has 3 aliphatic rings. The van der Waals surface area contributed by atoms with Crippen LogP contribution in [0.15, 0.2) is 46.9 Å². The van der Waals surface area contributed by atoms with E-state index in [1.165, 1.54) is 18.5 Å². The number of nitrogens with zero attached hydrogens (tertiary/aromatic N) is 7. The Morgan fingerprint density at radius 1 is 1.01 bits per heavy atom. The van der Waals surface area contributed by atoms with E-state index in [1.807, 2.05) is 0 Å². The van der Waals surface area contributed by atoms with E-state index >= 15 is 8.78 Å². The molecule has 0 spiro atoms. The van der Waals surface area contributed by atoms with Crippen LogP contribution in [0.2, 0.25) is 5.02 Å². The minimum Gasteiger partial charge on any atom is -0.405 e. The summed E-state index contributed by atoms with van der Waals surface area (Å²) in [6, 6.07) is 7.61. The molecule has 9 rings (SSSR count). The number of carbonyl (C=O) groups excluding carboxylic acids is 1. The molecule has 356 valence electrons. The minimum atomic E-state index is -5.09. The van der Waals surface area contributed by atoms with Crippen molar-refractivity contribution >= 4 is 50.1 Å². The average molecular weight is 978 g/mol. The Labute approximate surface area is 383 Å². The predicted octanol–water partition coefficient (Wildman–Crippen LogP) is 8.73. The van der Waals surface area contributed by atoms with Crippen molar-refractivity contribution in [3.05, 3.63) is 98.9 Å². The lowest BCUT2D eigenvalue weighted by Gasteiger charge is -2.26. The highest BCUT2D eigenvalue weighted by Gasteiger charge is 2.68. The zero-order valence-electron chi connectivity index (χ0n) is 36.4. The lowest BCUT2D eigenvalue weighted by atomic mass is 9.93. The summed E-state index contributed by atoms with van der Waals surface area (Å²) in [5.74, 6) is -9.08. The van der Waals surface area contributed by atoms with Crippen molar-refractivity contribution < 1.29 is 53.5 Å². The molecule has 1 amide bonds. The van der Waals surface area contributed by atoms with Crippen molar-refractivity contribution in [1.82, 2.24) is 40.1 Å². The Balaban J connectivity index is 1.16. The Morgan fingerprint density at radius 2 is 1.70 bits per heavy atom. The molecule has 14 nitrogen and oxygen atoms in total. The van der Waals surface area contributed by atoms with Gasteiger partial charge in [-0.15, -0.1) is 5.10 Å². The maximum absolute atomic E-state index is 15.6. The van der Waals surface area contributed by atoms with Gasteiger partial charge in [-0.1, -0.05) is 28.8 Å². The molecule has 0 radical (unpaired) electrons. The molecule has 3 N–H and O–H groups in total. The third-order valence-electron chi connectivity index (χ3n) is 12.6. The van der Waals surface area contributed by atoms with Gasteiger partial charge in [-0.3, -0.25) is 24.5 Å². The maximum Gasteiger partial charge on any atom is 0.435 e. The molecule has 6 aromatic rings. The van der Waals surface area contributed by atoms with Gasteiger partial charge in [0.15, 0.2) is 21.3 Å². The van der Waals surface area contributed by atoms with E-state index in [2.05, 4.69) is 31.0 Å². The summed E-state index contributed by atoms with van der Waals surface area (Å²) in [7, 11) is -1.94. The van der Waals surface area contributed by atoms with Crippen molar-refractivity contribution in [2.75, 3.05) is 5.32 Å². The molecular weight excluding hydrogens is 935 g/mol. The summed E-state index contributed by atoms with van der Waals surface area (Å²) in [5, 5.41) is 32.0. The number of sulfone groups is 1. The number of hydrogen-bond donors (Lipinski definition) is 3. The Bertz CT molecular complexity index is 3070. The fourth-order valence-electron chi connectivity index (χ4n) is 9.00. The van der Waals surface area contributed by atoms with Gasteiger partial charge in [0, 0.05) is 41.4 Å². The normalized spacial score (nSPS) is 18.5. The van der Waals surface area contributed by atoms with Crippen molar-refractivity contribution in [3.8, 4) is 11.1 Å². The number of aryl methyl sites for hydroxylation is 2. The van der Waals surface area contributed by atoms with Crippen LogP contribution in [-0.2, 0) is 58.8 Å². The number of fused-ring (bicyclic) bond motifs is 4. The van der Waals surface area contributed by atoms with E-state index in [0.29, 0.717) is 51.3 Å². The number of hydrogen-bond acceptors (Lipinski definition) is 11.